The minimum Gasteiger partial charge on any atom is -0.594 e. The van der Waals surface area contributed by atoms with Crippen molar-refractivity contribution in [3.63, 3.8) is 0 Å². The molecule has 0 saturated carbocycles. The van der Waals surface area contributed by atoms with Crippen LogP contribution in [0.3, 0.4) is 0 Å². The maximum Gasteiger partial charge on any atom is 0.196 e. The molecular formula is C21H22BO-. The lowest BCUT2D eigenvalue weighted by Gasteiger charge is -2.41. The van der Waals surface area contributed by atoms with Crippen LogP contribution in [0.1, 0.15) is 16.7 Å². The molecule has 0 aliphatic carbocycles. The molecule has 0 unspecified atom stereocenters. The van der Waals surface area contributed by atoms with Gasteiger partial charge in [-0.1, -0.05) is 89.5 Å². The molecular weight excluding hydrogens is 279 g/mol. The van der Waals surface area contributed by atoms with Crippen LogP contribution < -0.4 is 16.4 Å². The van der Waals surface area contributed by atoms with Crippen LogP contribution in [0.5, 0.6) is 0 Å². The van der Waals surface area contributed by atoms with Gasteiger partial charge in [0.2, 0.25) is 0 Å². The highest BCUT2D eigenvalue weighted by atomic mass is 16.2. The first-order valence-electron chi connectivity index (χ1n) is 8.11. The van der Waals surface area contributed by atoms with Crippen molar-refractivity contribution in [3.8, 4) is 0 Å². The monoisotopic (exact) mass is 301 g/mol. The van der Waals surface area contributed by atoms with E-state index < -0.39 is 6.35 Å². The second kappa shape index (κ2) is 6.06. The SMILES string of the molecule is Cc1ccccc1[B-](O)(c1ccccc1C)c1ccccc1C. The lowest BCUT2D eigenvalue weighted by Crippen LogP contribution is -2.69. The molecule has 0 aliphatic heterocycles. The Labute approximate surface area is 138 Å². The van der Waals surface area contributed by atoms with Gasteiger partial charge in [-0.15, -0.1) is 0 Å². The Morgan fingerprint density at radius 1 is 0.522 bits per heavy atom. The minimum absolute atomic E-state index is 0.996. The van der Waals surface area contributed by atoms with Crippen molar-refractivity contribution in [2.75, 3.05) is 0 Å². The van der Waals surface area contributed by atoms with E-state index in [-0.39, 0.29) is 0 Å². The zero-order valence-electron chi connectivity index (χ0n) is 14.0. The van der Waals surface area contributed by atoms with Gasteiger partial charge in [-0.2, -0.15) is 16.4 Å². The average molecular weight is 301 g/mol. The van der Waals surface area contributed by atoms with Crippen molar-refractivity contribution in [1.82, 2.24) is 0 Å². The van der Waals surface area contributed by atoms with Crippen LogP contribution in [-0.2, 0) is 0 Å². The summed E-state index contributed by atoms with van der Waals surface area (Å²) in [6, 6.07) is 24.4. The highest BCUT2D eigenvalue weighted by Gasteiger charge is 2.30. The van der Waals surface area contributed by atoms with E-state index in [0.717, 1.165) is 33.1 Å². The van der Waals surface area contributed by atoms with E-state index in [9.17, 15) is 5.02 Å². The molecule has 1 nitrogen and oxygen atoms in total. The van der Waals surface area contributed by atoms with E-state index in [1.165, 1.54) is 0 Å². The average Bonchev–Trinajstić information content (AvgIpc) is 2.55. The predicted molar refractivity (Wildman–Crippen MR) is 100 cm³/mol. The fourth-order valence-electron chi connectivity index (χ4n) is 3.67. The van der Waals surface area contributed by atoms with Gasteiger partial charge in [0.25, 0.3) is 0 Å². The maximum atomic E-state index is 12.0. The third-order valence-electron chi connectivity index (χ3n) is 4.92. The lowest BCUT2D eigenvalue weighted by molar-refractivity contribution is 0.582. The number of hydrogen-bond acceptors (Lipinski definition) is 1. The summed E-state index contributed by atoms with van der Waals surface area (Å²) in [4.78, 5) is 0. The topological polar surface area (TPSA) is 20.2 Å². The zero-order valence-corrected chi connectivity index (χ0v) is 14.0. The van der Waals surface area contributed by atoms with Crippen molar-refractivity contribution < 1.29 is 5.02 Å². The highest BCUT2D eigenvalue weighted by molar-refractivity contribution is 7.06. The van der Waals surface area contributed by atoms with Crippen LogP contribution in [-0.4, -0.2) is 11.4 Å². The molecule has 0 heterocycles. The number of aryl methyl sites for hydroxylation is 3. The van der Waals surface area contributed by atoms with Crippen molar-refractivity contribution in [2.45, 2.75) is 20.8 Å². The van der Waals surface area contributed by atoms with Gasteiger partial charge < -0.3 is 5.02 Å². The van der Waals surface area contributed by atoms with E-state index in [1.54, 1.807) is 0 Å². The third-order valence-corrected chi connectivity index (χ3v) is 4.92. The summed E-state index contributed by atoms with van der Waals surface area (Å²) in [5, 5.41) is 12.0. The molecule has 0 spiro atoms. The molecule has 0 aliphatic rings. The second-order valence-electron chi connectivity index (χ2n) is 6.39. The van der Waals surface area contributed by atoms with Crippen molar-refractivity contribution >= 4 is 22.7 Å². The largest absolute Gasteiger partial charge is 0.594 e. The molecule has 0 aromatic heterocycles. The first-order valence-corrected chi connectivity index (χ1v) is 8.11. The van der Waals surface area contributed by atoms with Gasteiger partial charge in [0, 0.05) is 0 Å². The molecule has 3 aromatic carbocycles. The fraction of sp³-hybridized carbons (Fsp3) is 0.143. The molecule has 1 N–H and O–H groups in total. The van der Waals surface area contributed by atoms with Crippen molar-refractivity contribution in [1.29, 1.82) is 0 Å². The van der Waals surface area contributed by atoms with Crippen molar-refractivity contribution in [3.05, 3.63) is 89.5 Å². The summed E-state index contributed by atoms with van der Waals surface area (Å²) in [6.07, 6.45) is -1.99. The second-order valence-corrected chi connectivity index (χ2v) is 6.39. The van der Waals surface area contributed by atoms with Crippen LogP contribution in [0.2, 0.25) is 0 Å². The van der Waals surface area contributed by atoms with Gasteiger partial charge in [-0.25, -0.2) is 0 Å². The Morgan fingerprint density at radius 2 is 0.783 bits per heavy atom. The van der Waals surface area contributed by atoms with Gasteiger partial charge in [-0.3, -0.25) is 0 Å². The molecule has 0 radical (unpaired) electrons. The Morgan fingerprint density at radius 3 is 1.04 bits per heavy atom. The quantitative estimate of drug-likeness (QED) is 0.737. The van der Waals surface area contributed by atoms with Crippen LogP contribution in [0, 0.1) is 20.8 Å². The van der Waals surface area contributed by atoms with Crippen LogP contribution in [0.25, 0.3) is 0 Å². The standard InChI is InChI=1S/C21H22BO/c1-16-10-4-7-13-19(16)22(23,20-14-8-5-11-17(20)2)21-15-9-6-12-18(21)3/h4-15,23H,1-3H3/q-1. The molecule has 3 aromatic rings. The Bertz CT molecular complexity index is 728. The van der Waals surface area contributed by atoms with Gasteiger partial charge in [-0.05, 0) is 20.8 Å². The maximum absolute atomic E-state index is 12.0. The number of rotatable bonds is 3. The number of benzene rings is 3. The van der Waals surface area contributed by atoms with Gasteiger partial charge in [0.1, 0.15) is 0 Å². The fourth-order valence-corrected chi connectivity index (χ4v) is 3.67. The molecule has 3 rings (SSSR count). The predicted octanol–water partition coefficient (Wildman–Crippen LogP) is 2.57. The highest BCUT2D eigenvalue weighted by Crippen LogP contribution is 2.11. The summed E-state index contributed by atoms with van der Waals surface area (Å²) in [5.41, 5.74) is 6.33. The Hall–Kier alpha value is -2.32. The first kappa shape index (κ1) is 15.6. The third kappa shape index (κ3) is 2.60. The van der Waals surface area contributed by atoms with E-state index in [4.69, 9.17) is 0 Å². The Kier molecular flexibility index (Phi) is 4.10. The molecule has 116 valence electrons. The van der Waals surface area contributed by atoms with E-state index >= 15 is 0 Å². The lowest BCUT2D eigenvalue weighted by atomic mass is 9.27. The summed E-state index contributed by atoms with van der Waals surface area (Å²) in [5.74, 6) is 0. The first-order chi connectivity index (χ1) is 11.0. The molecule has 0 saturated heterocycles. The molecule has 0 bridgehead atoms. The molecule has 0 amide bonds. The Balaban J connectivity index is 2.38. The molecule has 0 atom stereocenters. The summed E-state index contributed by atoms with van der Waals surface area (Å²) >= 11 is 0. The molecule has 23 heavy (non-hydrogen) atoms. The van der Waals surface area contributed by atoms with E-state index in [1.807, 2.05) is 54.6 Å². The van der Waals surface area contributed by atoms with Crippen LogP contribution in [0.15, 0.2) is 72.8 Å². The summed E-state index contributed by atoms with van der Waals surface area (Å²) in [6.45, 7) is 6.20. The molecule has 2 heteroatoms. The normalized spacial score (nSPS) is 11.5. The van der Waals surface area contributed by atoms with Gasteiger partial charge in [0.05, 0.1) is 0 Å². The summed E-state index contributed by atoms with van der Waals surface area (Å²) in [7, 11) is 0. The number of hydrogen-bond donors (Lipinski definition) is 1. The van der Waals surface area contributed by atoms with E-state index in [0.29, 0.717) is 0 Å². The van der Waals surface area contributed by atoms with Gasteiger partial charge >= 0.3 is 0 Å². The van der Waals surface area contributed by atoms with Crippen LogP contribution >= 0.6 is 0 Å². The zero-order chi connectivity index (χ0) is 16.4. The molecule has 0 fully saturated rings. The minimum atomic E-state index is -1.99. The van der Waals surface area contributed by atoms with E-state index in [2.05, 4.69) is 39.0 Å². The van der Waals surface area contributed by atoms with Gasteiger partial charge in [0.15, 0.2) is 6.35 Å². The van der Waals surface area contributed by atoms with Crippen molar-refractivity contribution in [2.24, 2.45) is 0 Å². The smallest absolute Gasteiger partial charge is 0.196 e. The summed E-state index contributed by atoms with van der Waals surface area (Å²) < 4.78 is 0. The van der Waals surface area contributed by atoms with Crippen LogP contribution in [0.4, 0.5) is 0 Å².